The molecule has 3 heteroatoms. The van der Waals surface area contributed by atoms with Gasteiger partial charge in [-0.25, -0.2) is 0 Å². The van der Waals surface area contributed by atoms with E-state index in [0.717, 1.165) is 23.5 Å². The first-order valence-corrected chi connectivity index (χ1v) is 7.17. The number of anilines is 1. The fourth-order valence-corrected chi connectivity index (χ4v) is 2.81. The van der Waals surface area contributed by atoms with Crippen LogP contribution in [0.2, 0.25) is 0 Å². The van der Waals surface area contributed by atoms with Gasteiger partial charge in [-0.3, -0.25) is 0 Å². The Labute approximate surface area is 112 Å². The highest BCUT2D eigenvalue weighted by Gasteiger charge is 2.19. The van der Waals surface area contributed by atoms with Crippen molar-refractivity contribution in [2.75, 3.05) is 18.0 Å². The van der Waals surface area contributed by atoms with Crippen LogP contribution in [0.25, 0.3) is 0 Å². The molecule has 0 saturated carbocycles. The zero-order valence-electron chi connectivity index (χ0n) is 10.6. The van der Waals surface area contributed by atoms with Crippen LogP contribution in [-0.2, 0) is 0 Å². The summed E-state index contributed by atoms with van der Waals surface area (Å²) in [5.41, 5.74) is 8.63. The van der Waals surface area contributed by atoms with Gasteiger partial charge < -0.3 is 10.6 Å². The molecule has 1 unspecified atom stereocenters. The van der Waals surface area contributed by atoms with Gasteiger partial charge in [-0.2, -0.15) is 0 Å². The third-order valence-corrected chi connectivity index (χ3v) is 4.10. The van der Waals surface area contributed by atoms with Crippen molar-refractivity contribution in [2.45, 2.75) is 32.7 Å². The average molecular weight is 297 g/mol. The lowest BCUT2D eigenvalue weighted by atomic mass is 9.97. The van der Waals surface area contributed by atoms with Gasteiger partial charge in [-0.05, 0) is 49.4 Å². The van der Waals surface area contributed by atoms with E-state index in [1.54, 1.807) is 0 Å². The maximum absolute atomic E-state index is 6.07. The predicted octanol–water partition coefficient (Wildman–Crippen LogP) is 3.71. The van der Waals surface area contributed by atoms with Crippen LogP contribution in [0.3, 0.4) is 0 Å². The summed E-state index contributed by atoms with van der Waals surface area (Å²) in [6, 6.07) is 6.54. The lowest BCUT2D eigenvalue weighted by Gasteiger charge is -2.34. The molecule has 1 atom stereocenters. The summed E-state index contributed by atoms with van der Waals surface area (Å²) in [4.78, 5) is 2.48. The Morgan fingerprint density at radius 3 is 2.59 bits per heavy atom. The van der Waals surface area contributed by atoms with E-state index in [1.165, 1.54) is 24.1 Å². The van der Waals surface area contributed by atoms with Crippen LogP contribution in [0.4, 0.5) is 5.69 Å². The van der Waals surface area contributed by atoms with Crippen LogP contribution < -0.4 is 10.6 Å². The molecule has 2 rings (SSSR count). The van der Waals surface area contributed by atoms with E-state index in [9.17, 15) is 0 Å². The van der Waals surface area contributed by atoms with Crippen molar-refractivity contribution in [1.82, 2.24) is 0 Å². The Morgan fingerprint density at radius 2 is 2.00 bits per heavy atom. The first-order valence-electron chi connectivity index (χ1n) is 6.38. The van der Waals surface area contributed by atoms with Gasteiger partial charge in [0.15, 0.2) is 0 Å². The van der Waals surface area contributed by atoms with Crippen LogP contribution >= 0.6 is 15.9 Å². The second-order valence-electron chi connectivity index (χ2n) is 5.16. The normalized spacial score (nSPS) is 19.4. The second-order valence-corrected chi connectivity index (χ2v) is 6.08. The van der Waals surface area contributed by atoms with Crippen LogP contribution in [0.5, 0.6) is 0 Å². The molecule has 1 aliphatic heterocycles. The number of benzene rings is 1. The third-order valence-electron chi connectivity index (χ3n) is 3.60. The lowest BCUT2D eigenvalue weighted by molar-refractivity contribution is 0.437. The molecule has 1 saturated heterocycles. The maximum Gasteiger partial charge on any atom is 0.0415 e. The summed E-state index contributed by atoms with van der Waals surface area (Å²) in [6.07, 6.45) is 2.57. The molecule has 0 radical (unpaired) electrons. The van der Waals surface area contributed by atoms with E-state index in [-0.39, 0.29) is 6.04 Å². The number of hydrogen-bond acceptors (Lipinski definition) is 2. The van der Waals surface area contributed by atoms with Gasteiger partial charge in [0.25, 0.3) is 0 Å². The topological polar surface area (TPSA) is 29.3 Å². The molecule has 0 bridgehead atoms. The molecule has 0 aromatic heterocycles. The van der Waals surface area contributed by atoms with Crippen molar-refractivity contribution >= 4 is 21.6 Å². The minimum atomic E-state index is 0.0850. The predicted molar refractivity (Wildman–Crippen MR) is 77.4 cm³/mol. The van der Waals surface area contributed by atoms with Gasteiger partial charge in [-0.1, -0.05) is 22.9 Å². The largest absolute Gasteiger partial charge is 0.371 e. The fraction of sp³-hybridized carbons (Fsp3) is 0.571. The number of piperidine rings is 1. The van der Waals surface area contributed by atoms with Gasteiger partial charge >= 0.3 is 0 Å². The Kier molecular flexibility index (Phi) is 4.10. The number of hydrogen-bond donors (Lipinski definition) is 1. The molecule has 94 valence electrons. The van der Waals surface area contributed by atoms with Gasteiger partial charge in [0.1, 0.15) is 0 Å². The van der Waals surface area contributed by atoms with E-state index in [0.29, 0.717) is 0 Å². The van der Waals surface area contributed by atoms with Crippen molar-refractivity contribution in [2.24, 2.45) is 11.7 Å². The summed E-state index contributed by atoms with van der Waals surface area (Å²) in [5.74, 6) is 0.862. The van der Waals surface area contributed by atoms with Crippen LogP contribution in [0.1, 0.15) is 38.3 Å². The molecule has 1 fully saturated rings. The molecule has 1 aliphatic rings. The van der Waals surface area contributed by atoms with Gasteiger partial charge in [-0.15, -0.1) is 0 Å². The minimum absolute atomic E-state index is 0.0850. The summed E-state index contributed by atoms with van der Waals surface area (Å²) < 4.78 is 1.11. The Hall–Kier alpha value is -0.540. The quantitative estimate of drug-likeness (QED) is 0.901. The van der Waals surface area contributed by atoms with Crippen molar-refractivity contribution in [3.63, 3.8) is 0 Å². The van der Waals surface area contributed by atoms with Crippen LogP contribution in [-0.4, -0.2) is 13.1 Å². The Morgan fingerprint density at radius 1 is 1.35 bits per heavy atom. The highest BCUT2D eigenvalue weighted by molar-refractivity contribution is 9.10. The average Bonchev–Trinajstić information content (AvgIpc) is 2.30. The first kappa shape index (κ1) is 12.9. The number of nitrogens with zero attached hydrogens (tertiary/aromatic N) is 1. The first-order chi connectivity index (χ1) is 8.08. The fourth-order valence-electron chi connectivity index (χ4n) is 2.43. The van der Waals surface area contributed by atoms with E-state index >= 15 is 0 Å². The minimum Gasteiger partial charge on any atom is -0.371 e. The molecular formula is C14H21BrN2. The molecule has 0 spiro atoms. The van der Waals surface area contributed by atoms with Crippen molar-refractivity contribution < 1.29 is 0 Å². The van der Waals surface area contributed by atoms with Crippen molar-refractivity contribution in [3.8, 4) is 0 Å². The Balaban J connectivity index is 2.25. The number of halogens is 1. The maximum atomic E-state index is 6.07. The van der Waals surface area contributed by atoms with Crippen LogP contribution in [0.15, 0.2) is 22.7 Å². The Bertz CT molecular complexity index is 382. The number of rotatable bonds is 2. The van der Waals surface area contributed by atoms with Crippen LogP contribution in [0, 0.1) is 5.92 Å². The molecule has 0 amide bonds. The molecule has 1 aromatic carbocycles. The number of nitrogens with two attached hydrogens (primary N) is 1. The second kappa shape index (κ2) is 5.40. The lowest BCUT2D eigenvalue weighted by Crippen LogP contribution is -2.33. The molecule has 2 N–H and O–H groups in total. The highest BCUT2D eigenvalue weighted by atomic mass is 79.9. The standard InChI is InChI=1S/C14H21BrN2/c1-10-5-7-17(8-6-10)14-4-3-12(15)9-13(14)11(2)16/h3-4,9-11H,5-8,16H2,1-2H3. The molecule has 17 heavy (non-hydrogen) atoms. The van der Waals surface area contributed by atoms with Gasteiger partial charge in [0.05, 0.1) is 0 Å². The smallest absolute Gasteiger partial charge is 0.0415 e. The van der Waals surface area contributed by atoms with Crippen molar-refractivity contribution in [1.29, 1.82) is 0 Å². The van der Waals surface area contributed by atoms with Gasteiger partial charge in [0.2, 0.25) is 0 Å². The van der Waals surface area contributed by atoms with E-state index < -0.39 is 0 Å². The monoisotopic (exact) mass is 296 g/mol. The summed E-state index contributed by atoms with van der Waals surface area (Å²) in [6.45, 7) is 6.70. The summed E-state index contributed by atoms with van der Waals surface area (Å²) >= 11 is 3.52. The van der Waals surface area contributed by atoms with E-state index in [1.807, 2.05) is 0 Å². The van der Waals surface area contributed by atoms with Crippen molar-refractivity contribution in [3.05, 3.63) is 28.2 Å². The molecule has 2 nitrogen and oxygen atoms in total. The highest BCUT2D eigenvalue weighted by Crippen LogP contribution is 2.31. The molecular weight excluding hydrogens is 276 g/mol. The molecule has 1 heterocycles. The summed E-state index contributed by atoms with van der Waals surface area (Å²) in [5, 5.41) is 0. The van der Waals surface area contributed by atoms with Gasteiger partial charge in [0, 0.05) is 29.3 Å². The molecule has 1 aromatic rings. The van der Waals surface area contributed by atoms with E-state index in [4.69, 9.17) is 5.73 Å². The zero-order valence-corrected chi connectivity index (χ0v) is 12.2. The zero-order chi connectivity index (χ0) is 12.4. The molecule has 0 aliphatic carbocycles. The van der Waals surface area contributed by atoms with E-state index in [2.05, 4.69) is 52.9 Å². The summed E-state index contributed by atoms with van der Waals surface area (Å²) in [7, 11) is 0. The third kappa shape index (κ3) is 3.02. The SMILES string of the molecule is CC1CCN(c2ccc(Br)cc2C(C)N)CC1.